The van der Waals surface area contributed by atoms with Gasteiger partial charge in [0.2, 0.25) is 0 Å². The lowest BCUT2D eigenvalue weighted by atomic mass is 10.1. The van der Waals surface area contributed by atoms with E-state index in [0.717, 1.165) is 10.6 Å². The van der Waals surface area contributed by atoms with Crippen LogP contribution in [0.25, 0.3) is 6.08 Å². The number of benzene rings is 1. The number of nitrogens with zero attached hydrogens (tertiary/aromatic N) is 1. The highest BCUT2D eigenvalue weighted by Crippen LogP contribution is 2.18. The summed E-state index contributed by atoms with van der Waals surface area (Å²) in [6, 6.07) is 4.84. The second-order valence-corrected chi connectivity index (χ2v) is 4.89. The van der Waals surface area contributed by atoms with Crippen LogP contribution in [-0.4, -0.2) is 15.9 Å². The molecule has 0 amide bonds. The average Bonchev–Trinajstić information content (AvgIpc) is 2.75. The number of ketones is 1. The lowest BCUT2D eigenvalue weighted by molar-refractivity contribution is 0.104. The van der Waals surface area contributed by atoms with Gasteiger partial charge in [-0.15, -0.1) is 11.3 Å². The number of phenols is 1. The summed E-state index contributed by atoms with van der Waals surface area (Å²) in [5.41, 5.74) is 3.95. The third-order valence-electron chi connectivity index (χ3n) is 2.65. The summed E-state index contributed by atoms with van der Waals surface area (Å²) in [7, 11) is 0. The van der Waals surface area contributed by atoms with Gasteiger partial charge in [-0.1, -0.05) is 0 Å². The quantitative estimate of drug-likeness (QED) is 0.679. The van der Waals surface area contributed by atoms with Crippen LogP contribution < -0.4 is 0 Å². The molecule has 2 aromatic rings. The highest BCUT2D eigenvalue weighted by molar-refractivity contribution is 7.10. The number of carbonyl (C=O) groups is 1. The molecule has 1 aromatic heterocycles. The van der Waals surface area contributed by atoms with Crippen LogP contribution in [0.2, 0.25) is 0 Å². The molecule has 0 aliphatic heterocycles. The van der Waals surface area contributed by atoms with E-state index in [4.69, 9.17) is 0 Å². The summed E-state index contributed by atoms with van der Waals surface area (Å²) in [5.74, 6) is 0.125. The Morgan fingerprint density at radius 3 is 2.78 bits per heavy atom. The van der Waals surface area contributed by atoms with Crippen LogP contribution in [0.15, 0.2) is 29.8 Å². The van der Waals surface area contributed by atoms with Crippen LogP contribution in [-0.2, 0) is 0 Å². The van der Waals surface area contributed by atoms with Gasteiger partial charge in [0.15, 0.2) is 5.78 Å². The second-order valence-electron chi connectivity index (χ2n) is 4.00. The first kappa shape index (κ1) is 12.5. The number of hydrogen-bond acceptors (Lipinski definition) is 4. The second kappa shape index (κ2) is 5.14. The molecule has 2 rings (SSSR count). The lowest BCUT2D eigenvalue weighted by Gasteiger charge is -2.00. The highest BCUT2D eigenvalue weighted by Gasteiger charge is 2.05. The maximum absolute atomic E-state index is 11.9. The first-order valence-electron chi connectivity index (χ1n) is 5.50. The van der Waals surface area contributed by atoms with Gasteiger partial charge in [-0.05, 0) is 49.8 Å². The summed E-state index contributed by atoms with van der Waals surface area (Å²) in [6.45, 7) is 3.68. The van der Waals surface area contributed by atoms with Crippen molar-refractivity contribution < 1.29 is 9.90 Å². The van der Waals surface area contributed by atoms with Crippen molar-refractivity contribution in [2.75, 3.05) is 0 Å². The Labute approximate surface area is 109 Å². The number of phenolic OH excluding ortho intramolecular Hbond substituents is 1. The summed E-state index contributed by atoms with van der Waals surface area (Å²) in [4.78, 5) is 17.0. The SMILES string of the molecule is Cc1cc(C(=O)C=Cc2scnc2C)ccc1O. The zero-order valence-corrected chi connectivity index (χ0v) is 11.0. The average molecular weight is 259 g/mol. The van der Waals surface area contributed by atoms with E-state index in [-0.39, 0.29) is 11.5 Å². The molecule has 3 nitrogen and oxygen atoms in total. The van der Waals surface area contributed by atoms with Gasteiger partial charge in [0.1, 0.15) is 5.75 Å². The van der Waals surface area contributed by atoms with E-state index in [1.54, 1.807) is 30.6 Å². The number of rotatable bonds is 3. The fraction of sp³-hybridized carbons (Fsp3) is 0.143. The van der Waals surface area contributed by atoms with E-state index < -0.39 is 0 Å². The van der Waals surface area contributed by atoms with Gasteiger partial charge in [-0.25, -0.2) is 4.98 Å². The number of carbonyl (C=O) groups excluding carboxylic acids is 1. The molecular weight excluding hydrogens is 246 g/mol. The molecular formula is C14H13NO2S. The van der Waals surface area contributed by atoms with Crippen LogP contribution in [0.4, 0.5) is 0 Å². The number of aromatic nitrogens is 1. The predicted molar refractivity (Wildman–Crippen MR) is 73.1 cm³/mol. The molecule has 18 heavy (non-hydrogen) atoms. The van der Waals surface area contributed by atoms with E-state index in [9.17, 15) is 9.90 Å². The van der Waals surface area contributed by atoms with E-state index >= 15 is 0 Å². The first-order valence-corrected chi connectivity index (χ1v) is 6.38. The highest BCUT2D eigenvalue weighted by atomic mass is 32.1. The van der Waals surface area contributed by atoms with Crippen LogP contribution in [0.3, 0.4) is 0 Å². The molecule has 1 aromatic carbocycles. The van der Waals surface area contributed by atoms with E-state index in [2.05, 4.69) is 4.98 Å². The van der Waals surface area contributed by atoms with Gasteiger partial charge < -0.3 is 5.11 Å². The molecule has 0 spiro atoms. The summed E-state index contributed by atoms with van der Waals surface area (Å²) in [6.07, 6.45) is 3.31. The van der Waals surface area contributed by atoms with Crippen LogP contribution in [0.5, 0.6) is 5.75 Å². The molecule has 0 aliphatic rings. The van der Waals surface area contributed by atoms with Crippen LogP contribution in [0, 0.1) is 13.8 Å². The number of thiazole rings is 1. The van der Waals surface area contributed by atoms with Crippen LogP contribution in [0.1, 0.15) is 26.5 Å². The summed E-state index contributed by atoms with van der Waals surface area (Å²) < 4.78 is 0. The van der Waals surface area contributed by atoms with Gasteiger partial charge in [0.05, 0.1) is 11.2 Å². The number of allylic oxidation sites excluding steroid dienone is 1. The van der Waals surface area contributed by atoms with Crippen LogP contribution >= 0.6 is 11.3 Å². The third-order valence-corrected chi connectivity index (χ3v) is 3.55. The van der Waals surface area contributed by atoms with Crippen molar-refractivity contribution in [3.05, 3.63) is 51.5 Å². The van der Waals surface area contributed by atoms with Crippen molar-refractivity contribution in [2.45, 2.75) is 13.8 Å². The minimum Gasteiger partial charge on any atom is -0.508 e. The van der Waals surface area contributed by atoms with Crippen molar-refractivity contribution in [3.8, 4) is 5.75 Å². The molecule has 0 atom stereocenters. The first-order chi connectivity index (χ1) is 8.58. The van der Waals surface area contributed by atoms with Gasteiger partial charge in [-0.3, -0.25) is 4.79 Å². The number of aromatic hydroxyl groups is 1. The molecule has 4 heteroatoms. The molecule has 0 aliphatic carbocycles. The molecule has 92 valence electrons. The Bertz CT molecular complexity index is 614. The Kier molecular flexibility index (Phi) is 3.58. The maximum Gasteiger partial charge on any atom is 0.185 e. The molecule has 0 saturated carbocycles. The minimum absolute atomic E-state index is 0.0779. The fourth-order valence-corrected chi connectivity index (χ4v) is 2.22. The monoisotopic (exact) mass is 259 g/mol. The Hall–Kier alpha value is -1.94. The van der Waals surface area contributed by atoms with E-state index in [0.29, 0.717) is 11.1 Å². The topological polar surface area (TPSA) is 50.2 Å². The lowest BCUT2D eigenvalue weighted by Crippen LogP contribution is -1.94. The largest absolute Gasteiger partial charge is 0.508 e. The molecule has 0 radical (unpaired) electrons. The molecule has 0 fully saturated rings. The van der Waals surface area contributed by atoms with Crippen molar-refractivity contribution in [3.63, 3.8) is 0 Å². The van der Waals surface area contributed by atoms with Crippen molar-refractivity contribution in [2.24, 2.45) is 0 Å². The molecule has 1 heterocycles. The predicted octanol–water partition coefficient (Wildman–Crippen LogP) is 3.36. The Morgan fingerprint density at radius 2 is 2.17 bits per heavy atom. The van der Waals surface area contributed by atoms with Gasteiger partial charge in [0, 0.05) is 10.4 Å². The smallest absolute Gasteiger partial charge is 0.185 e. The number of hydrogen-bond donors (Lipinski definition) is 1. The standard InChI is InChI=1S/C14H13NO2S/c1-9-7-11(3-4-12(9)16)13(17)5-6-14-10(2)15-8-18-14/h3-8,16H,1-2H3. The van der Waals surface area contributed by atoms with Crippen molar-refractivity contribution in [1.82, 2.24) is 4.98 Å². The normalized spacial score (nSPS) is 11.0. The molecule has 0 saturated heterocycles. The third kappa shape index (κ3) is 2.65. The van der Waals surface area contributed by atoms with Gasteiger partial charge in [-0.2, -0.15) is 0 Å². The molecule has 1 N–H and O–H groups in total. The van der Waals surface area contributed by atoms with Crippen molar-refractivity contribution in [1.29, 1.82) is 0 Å². The van der Waals surface area contributed by atoms with Gasteiger partial charge in [0.25, 0.3) is 0 Å². The summed E-state index contributed by atoms with van der Waals surface area (Å²) in [5, 5.41) is 9.41. The summed E-state index contributed by atoms with van der Waals surface area (Å²) >= 11 is 1.50. The number of aryl methyl sites for hydroxylation is 2. The zero-order valence-electron chi connectivity index (χ0n) is 10.2. The maximum atomic E-state index is 11.9. The Balaban J connectivity index is 2.20. The molecule has 0 bridgehead atoms. The minimum atomic E-state index is -0.0779. The molecule has 0 unspecified atom stereocenters. The zero-order chi connectivity index (χ0) is 13.1. The Morgan fingerprint density at radius 1 is 1.39 bits per heavy atom. The van der Waals surface area contributed by atoms with Crippen molar-refractivity contribution >= 4 is 23.2 Å². The van der Waals surface area contributed by atoms with E-state index in [1.165, 1.54) is 23.5 Å². The van der Waals surface area contributed by atoms with Gasteiger partial charge >= 0.3 is 0 Å². The van der Waals surface area contributed by atoms with E-state index in [1.807, 2.05) is 6.92 Å². The fourth-order valence-electron chi connectivity index (χ4n) is 1.53.